The predicted molar refractivity (Wildman–Crippen MR) is 101 cm³/mol. The summed E-state index contributed by atoms with van der Waals surface area (Å²) < 4.78 is 5.77. The Labute approximate surface area is 152 Å². The van der Waals surface area contributed by atoms with Crippen molar-refractivity contribution >= 4 is 11.6 Å². The Bertz CT molecular complexity index is 876. The van der Waals surface area contributed by atoms with Crippen molar-refractivity contribution in [3.05, 3.63) is 95.8 Å². The van der Waals surface area contributed by atoms with Crippen LogP contribution in [0.3, 0.4) is 0 Å². The van der Waals surface area contributed by atoms with E-state index in [1.807, 2.05) is 61.5 Å². The van der Waals surface area contributed by atoms with Gasteiger partial charge >= 0.3 is 0 Å². The largest absolute Gasteiger partial charge is 0.489 e. The molecule has 0 aliphatic heterocycles. The van der Waals surface area contributed by atoms with Crippen LogP contribution < -0.4 is 10.2 Å². The minimum Gasteiger partial charge on any atom is -0.489 e. The van der Waals surface area contributed by atoms with Crippen LogP contribution in [0.15, 0.2) is 84.2 Å². The molecule has 0 aliphatic rings. The fourth-order valence-electron chi connectivity index (χ4n) is 2.30. The Kier molecular flexibility index (Phi) is 5.72. The van der Waals surface area contributed by atoms with Crippen molar-refractivity contribution in [1.29, 1.82) is 0 Å². The van der Waals surface area contributed by atoms with E-state index in [0.717, 1.165) is 16.9 Å². The lowest BCUT2D eigenvalue weighted by Gasteiger charge is -2.07. The zero-order valence-electron chi connectivity index (χ0n) is 14.4. The van der Waals surface area contributed by atoms with Crippen LogP contribution in [-0.4, -0.2) is 16.6 Å². The Morgan fingerprint density at radius 3 is 2.35 bits per heavy atom. The second-order valence-electron chi connectivity index (χ2n) is 5.67. The predicted octanol–water partition coefficient (Wildman–Crippen LogP) is 3.81. The van der Waals surface area contributed by atoms with Crippen LogP contribution in [0.2, 0.25) is 0 Å². The summed E-state index contributed by atoms with van der Waals surface area (Å²) in [6.07, 6.45) is 3.14. The maximum atomic E-state index is 12.0. The van der Waals surface area contributed by atoms with Gasteiger partial charge in [-0.15, -0.1) is 0 Å². The molecule has 3 rings (SSSR count). The molecule has 5 heteroatoms. The van der Waals surface area contributed by atoms with Crippen molar-refractivity contribution in [1.82, 2.24) is 10.4 Å². The number of carbonyl (C=O) groups is 1. The maximum Gasteiger partial charge on any atom is 0.271 e. The summed E-state index contributed by atoms with van der Waals surface area (Å²) in [5, 5.41) is 4.15. The van der Waals surface area contributed by atoms with Gasteiger partial charge in [0.15, 0.2) is 0 Å². The first-order valence-electron chi connectivity index (χ1n) is 8.24. The molecule has 0 fully saturated rings. The van der Waals surface area contributed by atoms with Crippen LogP contribution in [0.5, 0.6) is 5.75 Å². The van der Waals surface area contributed by atoms with Crippen LogP contribution in [0.25, 0.3) is 0 Å². The number of amides is 1. The lowest BCUT2D eigenvalue weighted by Crippen LogP contribution is -2.19. The van der Waals surface area contributed by atoms with Gasteiger partial charge in [0.1, 0.15) is 12.4 Å². The minimum atomic E-state index is -0.269. The SMILES string of the molecule is C/C(=N/NC(=O)c1ccncc1)c1ccc(OCc2ccccc2)cc1. The summed E-state index contributed by atoms with van der Waals surface area (Å²) in [6.45, 7) is 2.36. The van der Waals surface area contributed by atoms with Gasteiger partial charge in [-0.2, -0.15) is 5.10 Å². The van der Waals surface area contributed by atoms with E-state index in [1.165, 1.54) is 0 Å². The molecule has 2 aromatic carbocycles. The van der Waals surface area contributed by atoms with E-state index >= 15 is 0 Å². The van der Waals surface area contributed by atoms with Gasteiger partial charge in [0.05, 0.1) is 5.71 Å². The monoisotopic (exact) mass is 345 g/mol. The van der Waals surface area contributed by atoms with Gasteiger partial charge < -0.3 is 4.74 Å². The Balaban J connectivity index is 1.58. The van der Waals surface area contributed by atoms with Crippen molar-refractivity contribution in [2.45, 2.75) is 13.5 Å². The molecule has 1 N–H and O–H groups in total. The molecule has 1 heterocycles. The summed E-state index contributed by atoms with van der Waals surface area (Å²) in [7, 11) is 0. The van der Waals surface area contributed by atoms with Gasteiger partial charge in [0, 0.05) is 18.0 Å². The Hall–Kier alpha value is -3.47. The first kappa shape index (κ1) is 17.4. The zero-order chi connectivity index (χ0) is 18.2. The maximum absolute atomic E-state index is 12.0. The van der Waals surface area contributed by atoms with Crippen LogP contribution in [0.1, 0.15) is 28.4 Å². The number of pyridine rings is 1. The molecule has 1 amide bonds. The van der Waals surface area contributed by atoms with Crippen molar-refractivity contribution in [3.63, 3.8) is 0 Å². The molecular weight excluding hydrogens is 326 g/mol. The van der Waals surface area contributed by atoms with E-state index in [9.17, 15) is 4.79 Å². The number of carbonyl (C=O) groups excluding carboxylic acids is 1. The van der Waals surface area contributed by atoms with E-state index in [0.29, 0.717) is 17.9 Å². The van der Waals surface area contributed by atoms with Crippen LogP contribution in [-0.2, 0) is 6.61 Å². The fraction of sp³-hybridized carbons (Fsp3) is 0.0952. The first-order valence-corrected chi connectivity index (χ1v) is 8.24. The van der Waals surface area contributed by atoms with E-state index < -0.39 is 0 Å². The average molecular weight is 345 g/mol. The summed E-state index contributed by atoms with van der Waals surface area (Å²) in [4.78, 5) is 15.9. The molecule has 0 saturated carbocycles. The van der Waals surface area contributed by atoms with Crippen LogP contribution in [0, 0.1) is 0 Å². The Morgan fingerprint density at radius 2 is 1.65 bits per heavy atom. The highest BCUT2D eigenvalue weighted by Crippen LogP contribution is 2.14. The normalized spacial score (nSPS) is 11.0. The molecular formula is C21H19N3O2. The van der Waals surface area contributed by atoms with Crippen molar-refractivity contribution in [3.8, 4) is 5.75 Å². The van der Waals surface area contributed by atoms with Crippen molar-refractivity contribution < 1.29 is 9.53 Å². The number of nitrogens with one attached hydrogen (secondary N) is 1. The standard InChI is InChI=1S/C21H19N3O2/c1-16(23-24-21(25)19-11-13-22-14-12-19)18-7-9-20(10-8-18)26-15-17-5-3-2-4-6-17/h2-14H,15H2,1H3,(H,24,25)/b23-16-. The quantitative estimate of drug-likeness (QED) is 0.546. The lowest BCUT2D eigenvalue weighted by molar-refractivity contribution is 0.0954. The van der Waals surface area contributed by atoms with Crippen molar-refractivity contribution in [2.75, 3.05) is 0 Å². The highest BCUT2D eigenvalue weighted by molar-refractivity contribution is 6.00. The van der Waals surface area contributed by atoms with Gasteiger partial charge in [-0.25, -0.2) is 5.43 Å². The molecule has 0 spiro atoms. The number of hydrogen-bond donors (Lipinski definition) is 1. The second-order valence-corrected chi connectivity index (χ2v) is 5.67. The van der Waals surface area contributed by atoms with Crippen LogP contribution in [0.4, 0.5) is 0 Å². The smallest absolute Gasteiger partial charge is 0.271 e. The molecule has 1 aromatic heterocycles. The number of rotatable bonds is 6. The molecule has 3 aromatic rings. The molecule has 0 aliphatic carbocycles. The summed E-state index contributed by atoms with van der Waals surface area (Å²) >= 11 is 0. The number of hydrazone groups is 1. The fourth-order valence-corrected chi connectivity index (χ4v) is 2.30. The number of aromatic nitrogens is 1. The topological polar surface area (TPSA) is 63.6 Å². The lowest BCUT2D eigenvalue weighted by atomic mass is 10.1. The highest BCUT2D eigenvalue weighted by Gasteiger charge is 2.04. The molecule has 0 radical (unpaired) electrons. The van der Waals surface area contributed by atoms with E-state index in [2.05, 4.69) is 15.5 Å². The number of hydrogen-bond acceptors (Lipinski definition) is 4. The van der Waals surface area contributed by atoms with Gasteiger partial charge in [-0.05, 0) is 54.4 Å². The van der Waals surface area contributed by atoms with Gasteiger partial charge in [0.25, 0.3) is 5.91 Å². The Morgan fingerprint density at radius 1 is 0.962 bits per heavy atom. The molecule has 0 bridgehead atoms. The molecule has 5 nitrogen and oxygen atoms in total. The highest BCUT2D eigenvalue weighted by atomic mass is 16.5. The number of benzene rings is 2. The molecule has 130 valence electrons. The summed E-state index contributed by atoms with van der Waals surface area (Å²) in [5.41, 5.74) is 5.80. The minimum absolute atomic E-state index is 0.269. The van der Waals surface area contributed by atoms with E-state index in [1.54, 1.807) is 24.5 Å². The number of ether oxygens (including phenoxy) is 1. The third-order valence-corrected chi connectivity index (χ3v) is 3.79. The molecule has 0 unspecified atom stereocenters. The molecule has 26 heavy (non-hydrogen) atoms. The van der Waals surface area contributed by atoms with Gasteiger partial charge in [0.2, 0.25) is 0 Å². The molecule has 0 saturated heterocycles. The third-order valence-electron chi connectivity index (χ3n) is 3.79. The van der Waals surface area contributed by atoms with Crippen LogP contribution >= 0.6 is 0 Å². The average Bonchev–Trinajstić information content (AvgIpc) is 2.72. The summed E-state index contributed by atoms with van der Waals surface area (Å²) in [6, 6.07) is 20.9. The number of nitrogens with zero attached hydrogens (tertiary/aromatic N) is 2. The van der Waals surface area contributed by atoms with E-state index in [-0.39, 0.29) is 5.91 Å². The van der Waals surface area contributed by atoms with E-state index in [4.69, 9.17) is 4.74 Å². The zero-order valence-corrected chi connectivity index (χ0v) is 14.4. The molecule has 0 atom stereocenters. The van der Waals surface area contributed by atoms with Crippen molar-refractivity contribution in [2.24, 2.45) is 5.10 Å². The first-order chi connectivity index (χ1) is 12.7. The van der Waals surface area contributed by atoms with Gasteiger partial charge in [-0.3, -0.25) is 9.78 Å². The second kappa shape index (κ2) is 8.58. The third kappa shape index (κ3) is 4.77. The summed E-state index contributed by atoms with van der Waals surface area (Å²) in [5.74, 6) is 0.515. The van der Waals surface area contributed by atoms with Gasteiger partial charge in [-0.1, -0.05) is 30.3 Å².